The highest BCUT2D eigenvalue weighted by Crippen LogP contribution is 2.28. The maximum absolute atomic E-state index is 13.1. The first-order chi connectivity index (χ1) is 13.8. The third kappa shape index (κ3) is 4.35. The van der Waals surface area contributed by atoms with Crippen molar-refractivity contribution in [1.29, 1.82) is 0 Å². The summed E-state index contributed by atoms with van der Waals surface area (Å²) in [6.45, 7) is 8.32. The normalized spacial score (nSPS) is 11.7. The number of carbonyl (C=O) groups is 1. The van der Waals surface area contributed by atoms with Gasteiger partial charge in [0, 0.05) is 11.8 Å². The van der Waals surface area contributed by atoms with Gasteiger partial charge in [-0.25, -0.2) is 4.98 Å². The molecule has 1 amide bonds. The molecule has 0 aliphatic rings. The summed E-state index contributed by atoms with van der Waals surface area (Å²) in [4.78, 5) is 17.7. The zero-order chi connectivity index (χ0) is 20.6. The topological polar surface area (TPSA) is 80.9 Å². The number of furan rings is 1. The number of nitrogens with zero attached hydrogens (tertiary/aromatic N) is 3. The fraction of sp³-hybridized carbons (Fsp3) is 0.273. The van der Waals surface area contributed by atoms with Crippen molar-refractivity contribution in [3.8, 4) is 11.5 Å². The summed E-state index contributed by atoms with van der Waals surface area (Å²) in [7, 11) is 0. The zero-order valence-electron chi connectivity index (χ0n) is 16.8. The number of pyridine rings is 1. The Labute approximate surface area is 173 Å². The first kappa shape index (κ1) is 19.3. The van der Waals surface area contributed by atoms with Crippen LogP contribution in [0, 0.1) is 12.3 Å². The molecular formula is C22H22N4O2S. The number of hydrogen-bond donors (Lipinski definition) is 1. The van der Waals surface area contributed by atoms with Crippen LogP contribution in [0.15, 0.2) is 46.9 Å². The van der Waals surface area contributed by atoms with Crippen molar-refractivity contribution in [2.24, 2.45) is 5.41 Å². The predicted molar refractivity (Wildman–Crippen MR) is 115 cm³/mol. The van der Waals surface area contributed by atoms with Gasteiger partial charge in [-0.2, -0.15) is 0 Å². The van der Waals surface area contributed by atoms with Crippen LogP contribution < -0.4 is 5.32 Å². The second kappa shape index (κ2) is 7.40. The summed E-state index contributed by atoms with van der Waals surface area (Å²) in [5.74, 6) is 1.18. The molecule has 0 bridgehead atoms. The van der Waals surface area contributed by atoms with Crippen LogP contribution in [0.3, 0.4) is 0 Å². The van der Waals surface area contributed by atoms with Gasteiger partial charge in [-0.15, -0.1) is 10.2 Å². The second-order valence-electron chi connectivity index (χ2n) is 8.18. The molecular weight excluding hydrogens is 384 g/mol. The lowest BCUT2D eigenvalue weighted by atomic mass is 9.93. The minimum absolute atomic E-state index is 0.109. The molecule has 1 N–H and O–H groups in total. The van der Waals surface area contributed by atoms with Crippen LogP contribution in [0.1, 0.15) is 41.9 Å². The van der Waals surface area contributed by atoms with Crippen LogP contribution in [-0.2, 0) is 6.42 Å². The van der Waals surface area contributed by atoms with Crippen molar-refractivity contribution < 1.29 is 9.21 Å². The van der Waals surface area contributed by atoms with Gasteiger partial charge < -0.3 is 4.42 Å². The molecule has 4 rings (SSSR count). The van der Waals surface area contributed by atoms with Crippen LogP contribution >= 0.6 is 11.3 Å². The summed E-state index contributed by atoms with van der Waals surface area (Å²) < 4.78 is 5.71. The van der Waals surface area contributed by atoms with Gasteiger partial charge in [0.2, 0.25) is 5.13 Å². The molecule has 4 aromatic rings. The molecule has 3 heterocycles. The van der Waals surface area contributed by atoms with Crippen LogP contribution in [0.25, 0.3) is 22.4 Å². The number of para-hydroxylation sites is 1. The molecule has 0 unspecified atom stereocenters. The Morgan fingerprint density at radius 3 is 2.66 bits per heavy atom. The first-order valence-electron chi connectivity index (χ1n) is 9.39. The molecule has 3 aromatic heterocycles. The molecule has 0 saturated carbocycles. The Balaban J connectivity index is 1.68. The van der Waals surface area contributed by atoms with Gasteiger partial charge >= 0.3 is 0 Å². The Bertz CT molecular complexity index is 1190. The quantitative estimate of drug-likeness (QED) is 0.484. The fourth-order valence-electron chi connectivity index (χ4n) is 3.06. The molecule has 0 aliphatic carbocycles. The number of rotatable bonds is 4. The number of aryl methyl sites for hydroxylation is 1. The summed E-state index contributed by atoms with van der Waals surface area (Å²) in [6.07, 6.45) is 0.806. The van der Waals surface area contributed by atoms with Gasteiger partial charge in [-0.05, 0) is 36.6 Å². The van der Waals surface area contributed by atoms with Crippen molar-refractivity contribution in [1.82, 2.24) is 15.2 Å². The van der Waals surface area contributed by atoms with E-state index in [9.17, 15) is 4.79 Å². The highest BCUT2D eigenvalue weighted by Gasteiger charge is 2.19. The molecule has 148 valence electrons. The average Bonchev–Trinajstić information content (AvgIpc) is 3.28. The molecule has 0 fully saturated rings. The zero-order valence-corrected chi connectivity index (χ0v) is 17.6. The van der Waals surface area contributed by atoms with E-state index >= 15 is 0 Å². The van der Waals surface area contributed by atoms with E-state index in [1.54, 1.807) is 6.07 Å². The molecule has 0 spiro atoms. The van der Waals surface area contributed by atoms with Crippen LogP contribution in [-0.4, -0.2) is 21.1 Å². The number of amides is 1. The van der Waals surface area contributed by atoms with E-state index in [4.69, 9.17) is 4.42 Å². The van der Waals surface area contributed by atoms with E-state index in [-0.39, 0.29) is 11.3 Å². The number of benzene rings is 1. The molecule has 7 heteroatoms. The summed E-state index contributed by atoms with van der Waals surface area (Å²) in [6, 6.07) is 13.1. The first-order valence-corrected chi connectivity index (χ1v) is 10.2. The Kier molecular flexibility index (Phi) is 4.92. The van der Waals surface area contributed by atoms with Crippen molar-refractivity contribution >= 4 is 33.3 Å². The fourth-order valence-corrected chi connectivity index (χ4v) is 4.09. The van der Waals surface area contributed by atoms with Gasteiger partial charge in [0.05, 0.1) is 11.1 Å². The van der Waals surface area contributed by atoms with Gasteiger partial charge in [-0.1, -0.05) is 50.3 Å². The monoisotopic (exact) mass is 406 g/mol. The smallest absolute Gasteiger partial charge is 0.258 e. The number of hydrogen-bond acceptors (Lipinski definition) is 6. The number of nitrogens with one attached hydrogen (secondary N) is 1. The summed E-state index contributed by atoms with van der Waals surface area (Å²) in [5.41, 5.74) is 1.98. The average molecular weight is 407 g/mol. The van der Waals surface area contributed by atoms with E-state index in [1.807, 2.05) is 43.3 Å². The highest BCUT2D eigenvalue weighted by atomic mass is 32.1. The SMILES string of the molecule is Cc1ccc(-c2cc(C(=O)Nc3nnc(CC(C)(C)C)s3)c3ccccc3n2)o1. The number of aromatic nitrogens is 3. The minimum atomic E-state index is -0.244. The van der Waals surface area contributed by atoms with Crippen molar-refractivity contribution in [2.75, 3.05) is 5.32 Å². The lowest BCUT2D eigenvalue weighted by Crippen LogP contribution is -2.13. The highest BCUT2D eigenvalue weighted by molar-refractivity contribution is 7.15. The summed E-state index contributed by atoms with van der Waals surface area (Å²) in [5, 5.41) is 13.4. The maximum Gasteiger partial charge on any atom is 0.258 e. The van der Waals surface area contributed by atoms with Crippen molar-refractivity contribution in [2.45, 2.75) is 34.1 Å². The van der Waals surface area contributed by atoms with Gasteiger partial charge in [0.15, 0.2) is 5.76 Å². The van der Waals surface area contributed by atoms with E-state index in [0.717, 1.165) is 28.1 Å². The van der Waals surface area contributed by atoms with E-state index in [1.165, 1.54) is 11.3 Å². The molecule has 1 aromatic carbocycles. The molecule has 29 heavy (non-hydrogen) atoms. The van der Waals surface area contributed by atoms with E-state index in [2.05, 4.69) is 41.3 Å². The molecule has 0 saturated heterocycles. The number of carbonyl (C=O) groups excluding carboxylic acids is 1. The standard InChI is InChI=1S/C22H22N4O2S/c1-13-9-10-18(28-13)17-11-15(14-7-5-6-8-16(14)23-17)20(27)24-21-26-25-19(29-21)12-22(2,3)4/h5-11H,12H2,1-4H3,(H,24,26,27). The molecule has 0 aliphatic heterocycles. The lowest BCUT2D eigenvalue weighted by Gasteiger charge is -2.14. The molecule has 0 atom stereocenters. The van der Waals surface area contributed by atoms with Crippen molar-refractivity contribution in [3.05, 3.63) is 58.8 Å². The van der Waals surface area contributed by atoms with Gasteiger partial charge in [-0.3, -0.25) is 10.1 Å². The number of fused-ring (bicyclic) bond motifs is 1. The largest absolute Gasteiger partial charge is 0.460 e. The Hall–Kier alpha value is -3.06. The van der Waals surface area contributed by atoms with Gasteiger partial charge in [0.1, 0.15) is 16.5 Å². The minimum Gasteiger partial charge on any atom is -0.460 e. The summed E-state index contributed by atoms with van der Waals surface area (Å²) >= 11 is 1.40. The van der Waals surface area contributed by atoms with E-state index < -0.39 is 0 Å². The van der Waals surface area contributed by atoms with Crippen LogP contribution in [0.5, 0.6) is 0 Å². The molecule has 6 nitrogen and oxygen atoms in total. The Morgan fingerprint density at radius 2 is 1.93 bits per heavy atom. The third-order valence-electron chi connectivity index (χ3n) is 4.32. The number of anilines is 1. The third-order valence-corrected chi connectivity index (χ3v) is 5.16. The van der Waals surface area contributed by atoms with Crippen LogP contribution in [0.2, 0.25) is 0 Å². The van der Waals surface area contributed by atoms with Crippen molar-refractivity contribution in [3.63, 3.8) is 0 Å². The van der Waals surface area contributed by atoms with E-state index in [0.29, 0.717) is 22.1 Å². The predicted octanol–water partition coefficient (Wildman–Crippen LogP) is 5.50. The Morgan fingerprint density at radius 1 is 1.14 bits per heavy atom. The lowest BCUT2D eigenvalue weighted by molar-refractivity contribution is 0.102. The van der Waals surface area contributed by atoms with Crippen LogP contribution in [0.4, 0.5) is 5.13 Å². The molecule has 0 radical (unpaired) electrons. The second-order valence-corrected chi connectivity index (χ2v) is 9.24. The maximum atomic E-state index is 13.1. The van der Waals surface area contributed by atoms with Gasteiger partial charge in [0.25, 0.3) is 5.91 Å².